The van der Waals surface area contributed by atoms with Gasteiger partial charge in [0.15, 0.2) is 0 Å². The smallest absolute Gasteiger partial charge is 0.239 e. The predicted octanol–water partition coefficient (Wildman–Crippen LogP) is 2.95. The molecule has 1 unspecified atom stereocenters. The average molecular weight is 304 g/mol. The number of benzene rings is 1. The number of nitrogens with two attached hydrogens (primary N) is 1. The Morgan fingerprint density at radius 3 is 2.81 bits per heavy atom. The van der Waals surface area contributed by atoms with E-state index in [1.165, 1.54) is 12.8 Å². The third-order valence-corrected chi connectivity index (χ3v) is 4.43. The second kappa shape index (κ2) is 6.00. The molecule has 1 aromatic heterocycles. The molecular formula is C16H18ClN3O. The number of hydrogen-bond acceptors (Lipinski definition) is 3. The van der Waals surface area contributed by atoms with Crippen LogP contribution in [-0.2, 0) is 4.79 Å². The molecule has 3 N–H and O–H groups in total. The Labute approximate surface area is 128 Å². The van der Waals surface area contributed by atoms with Gasteiger partial charge in [-0.25, -0.2) is 0 Å². The van der Waals surface area contributed by atoms with E-state index in [1.807, 2.05) is 18.2 Å². The van der Waals surface area contributed by atoms with Crippen LogP contribution in [0.2, 0.25) is 5.02 Å². The fraction of sp³-hybridized carbons (Fsp3) is 0.375. The Balaban J connectivity index is 2.02. The number of primary amides is 1. The maximum absolute atomic E-state index is 11.9. The molecule has 1 aromatic carbocycles. The van der Waals surface area contributed by atoms with Crippen LogP contribution < -0.4 is 11.1 Å². The van der Waals surface area contributed by atoms with Crippen LogP contribution >= 0.6 is 11.6 Å². The van der Waals surface area contributed by atoms with E-state index in [0.29, 0.717) is 11.1 Å². The first-order chi connectivity index (χ1) is 10.2. The lowest BCUT2D eigenvalue weighted by molar-refractivity contribution is -0.120. The van der Waals surface area contributed by atoms with Gasteiger partial charge < -0.3 is 5.73 Å². The fourth-order valence-corrected chi connectivity index (χ4v) is 3.26. The predicted molar refractivity (Wildman–Crippen MR) is 84.1 cm³/mol. The molecule has 0 aliphatic heterocycles. The van der Waals surface area contributed by atoms with E-state index in [9.17, 15) is 4.79 Å². The molecule has 2 aromatic rings. The Morgan fingerprint density at radius 1 is 1.33 bits per heavy atom. The molecule has 1 amide bonds. The quantitative estimate of drug-likeness (QED) is 0.912. The zero-order valence-electron chi connectivity index (χ0n) is 11.7. The molecule has 21 heavy (non-hydrogen) atoms. The van der Waals surface area contributed by atoms with Gasteiger partial charge in [0.05, 0.1) is 5.52 Å². The summed E-state index contributed by atoms with van der Waals surface area (Å²) in [7, 11) is 0. The highest BCUT2D eigenvalue weighted by atomic mass is 35.5. The Kier molecular flexibility index (Phi) is 4.08. The molecule has 0 radical (unpaired) electrons. The van der Waals surface area contributed by atoms with Crippen molar-refractivity contribution < 1.29 is 4.79 Å². The molecule has 0 saturated heterocycles. The highest BCUT2D eigenvalue weighted by molar-refractivity contribution is 6.35. The van der Waals surface area contributed by atoms with Crippen molar-refractivity contribution in [2.45, 2.75) is 37.8 Å². The van der Waals surface area contributed by atoms with Crippen LogP contribution in [0.5, 0.6) is 0 Å². The van der Waals surface area contributed by atoms with Crippen molar-refractivity contribution in [3.05, 3.63) is 41.0 Å². The standard InChI is InChI=1S/C16H18ClN3O/c17-13-8-7-12(14-11(13)6-3-9-19-14)15(16(18)21)20-10-4-1-2-5-10/h3,6-10,15,20H,1-2,4-5H2,(H2,18,21). The number of nitrogens with zero attached hydrogens (tertiary/aromatic N) is 1. The van der Waals surface area contributed by atoms with Crippen molar-refractivity contribution in [2.24, 2.45) is 5.73 Å². The summed E-state index contributed by atoms with van der Waals surface area (Å²) in [5, 5.41) is 4.86. The Bertz CT molecular complexity index is 668. The third kappa shape index (κ3) is 2.87. The molecule has 1 heterocycles. The molecule has 1 fully saturated rings. The van der Waals surface area contributed by atoms with Gasteiger partial charge in [-0.2, -0.15) is 0 Å². The fourth-order valence-electron chi connectivity index (χ4n) is 3.05. The van der Waals surface area contributed by atoms with Crippen molar-refractivity contribution >= 4 is 28.4 Å². The van der Waals surface area contributed by atoms with E-state index in [2.05, 4.69) is 10.3 Å². The Morgan fingerprint density at radius 2 is 2.10 bits per heavy atom. The zero-order chi connectivity index (χ0) is 14.8. The van der Waals surface area contributed by atoms with E-state index < -0.39 is 6.04 Å². The molecule has 4 nitrogen and oxygen atoms in total. The van der Waals surface area contributed by atoms with Gasteiger partial charge in [0, 0.05) is 28.2 Å². The number of rotatable bonds is 4. The summed E-state index contributed by atoms with van der Waals surface area (Å²) in [6.45, 7) is 0. The number of carbonyl (C=O) groups excluding carboxylic acids is 1. The van der Waals surface area contributed by atoms with Gasteiger partial charge in [-0.05, 0) is 31.0 Å². The number of pyridine rings is 1. The van der Waals surface area contributed by atoms with E-state index in [1.54, 1.807) is 12.3 Å². The minimum atomic E-state index is -0.525. The molecule has 3 rings (SSSR count). The molecule has 1 aliphatic rings. The first-order valence-corrected chi connectivity index (χ1v) is 7.63. The van der Waals surface area contributed by atoms with Crippen molar-refractivity contribution in [3.8, 4) is 0 Å². The number of amides is 1. The lowest BCUT2D eigenvalue weighted by Crippen LogP contribution is -2.39. The molecule has 5 heteroatoms. The normalized spacial score (nSPS) is 17.2. The van der Waals surface area contributed by atoms with Crippen molar-refractivity contribution in [3.63, 3.8) is 0 Å². The molecular weight excluding hydrogens is 286 g/mol. The van der Waals surface area contributed by atoms with Crippen LogP contribution in [0.3, 0.4) is 0 Å². The van der Waals surface area contributed by atoms with E-state index in [4.69, 9.17) is 17.3 Å². The summed E-state index contributed by atoms with van der Waals surface area (Å²) in [6.07, 6.45) is 6.27. The minimum Gasteiger partial charge on any atom is -0.368 e. The SMILES string of the molecule is NC(=O)C(NC1CCCC1)c1ccc(Cl)c2cccnc12. The number of fused-ring (bicyclic) bond motifs is 1. The topological polar surface area (TPSA) is 68.0 Å². The summed E-state index contributed by atoms with van der Waals surface area (Å²) in [6, 6.07) is 7.20. The lowest BCUT2D eigenvalue weighted by Gasteiger charge is -2.21. The summed E-state index contributed by atoms with van der Waals surface area (Å²) in [5.41, 5.74) is 7.15. The summed E-state index contributed by atoms with van der Waals surface area (Å²) in [4.78, 5) is 16.3. The van der Waals surface area contributed by atoms with Crippen LogP contribution in [-0.4, -0.2) is 16.9 Å². The number of halogens is 1. The van der Waals surface area contributed by atoms with E-state index in [-0.39, 0.29) is 5.91 Å². The van der Waals surface area contributed by atoms with Gasteiger partial charge in [0.25, 0.3) is 0 Å². The first kappa shape index (κ1) is 14.3. The monoisotopic (exact) mass is 303 g/mol. The summed E-state index contributed by atoms with van der Waals surface area (Å²) >= 11 is 6.21. The van der Waals surface area contributed by atoms with Crippen LogP contribution in [0.25, 0.3) is 10.9 Å². The largest absolute Gasteiger partial charge is 0.368 e. The third-order valence-electron chi connectivity index (χ3n) is 4.10. The molecule has 110 valence electrons. The molecule has 1 atom stereocenters. The summed E-state index contributed by atoms with van der Waals surface area (Å²) in [5.74, 6) is -0.379. The van der Waals surface area contributed by atoms with Gasteiger partial charge in [0.1, 0.15) is 6.04 Å². The molecule has 0 spiro atoms. The molecule has 1 saturated carbocycles. The summed E-state index contributed by atoms with van der Waals surface area (Å²) < 4.78 is 0. The van der Waals surface area contributed by atoms with E-state index >= 15 is 0 Å². The number of hydrogen-bond donors (Lipinski definition) is 2. The average Bonchev–Trinajstić information content (AvgIpc) is 2.99. The van der Waals surface area contributed by atoms with E-state index in [0.717, 1.165) is 29.3 Å². The van der Waals surface area contributed by atoms with Gasteiger partial charge in [-0.3, -0.25) is 15.1 Å². The van der Waals surface area contributed by atoms with Crippen molar-refractivity contribution in [2.75, 3.05) is 0 Å². The number of aromatic nitrogens is 1. The maximum atomic E-state index is 11.9. The minimum absolute atomic E-state index is 0.344. The van der Waals surface area contributed by atoms with Crippen LogP contribution in [0.15, 0.2) is 30.5 Å². The Hall–Kier alpha value is -1.65. The highest BCUT2D eigenvalue weighted by Crippen LogP contribution is 2.30. The van der Waals surface area contributed by atoms with Crippen molar-refractivity contribution in [1.29, 1.82) is 0 Å². The lowest BCUT2D eigenvalue weighted by atomic mass is 10.0. The first-order valence-electron chi connectivity index (χ1n) is 7.25. The molecule has 1 aliphatic carbocycles. The van der Waals surface area contributed by atoms with Gasteiger partial charge >= 0.3 is 0 Å². The van der Waals surface area contributed by atoms with Gasteiger partial charge in [-0.1, -0.05) is 30.5 Å². The van der Waals surface area contributed by atoms with Crippen LogP contribution in [0.1, 0.15) is 37.3 Å². The second-order valence-corrected chi connectivity index (χ2v) is 5.93. The number of nitrogens with one attached hydrogen (secondary N) is 1. The van der Waals surface area contributed by atoms with Crippen molar-refractivity contribution in [1.82, 2.24) is 10.3 Å². The maximum Gasteiger partial charge on any atom is 0.239 e. The van der Waals surface area contributed by atoms with Crippen LogP contribution in [0.4, 0.5) is 0 Å². The second-order valence-electron chi connectivity index (χ2n) is 5.52. The van der Waals surface area contributed by atoms with Gasteiger partial charge in [0.2, 0.25) is 5.91 Å². The zero-order valence-corrected chi connectivity index (χ0v) is 12.4. The molecule has 0 bridgehead atoms. The van der Waals surface area contributed by atoms with Gasteiger partial charge in [-0.15, -0.1) is 0 Å². The van der Waals surface area contributed by atoms with Crippen LogP contribution in [0, 0.1) is 0 Å². The number of carbonyl (C=O) groups is 1. The highest BCUT2D eigenvalue weighted by Gasteiger charge is 2.26.